The highest BCUT2D eigenvalue weighted by Crippen LogP contribution is 2.27. The van der Waals surface area contributed by atoms with Crippen molar-refractivity contribution >= 4 is 11.3 Å². The van der Waals surface area contributed by atoms with Gasteiger partial charge in [-0.2, -0.15) is 0 Å². The first kappa shape index (κ1) is 14.0. The van der Waals surface area contributed by atoms with E-state index in [9.17, 15) is 0 Å². The van der Waals surface area contributed by atoms with Crippen molar-refractivity contribution < 1.29 is 4.74 Å². The molecule has 1 aliphatic heterocycles. The third kappa shape index (κ3) is 3.53. The normalized spacial score (nSPS) is 20.6. The summed E-state index contributed by atoms with van der Waals surface area (Å²) in [6, 6.07) is 0. The minimum Gasteiger partial charge on any atom is -0.378 e. The number of nitrogens with zero attached hydrogens (tertiary/aromatic N) is 1. The van der Waals surface area contributed by atoms with Crippen LogP contribution in [-0.2, 0) is 17.7 Å². The van der Waals surface area contributed by atoms with Crippen molar-refractivity contribution in [1.29, 1.82) is 0 Å². The molecule has 1 fully saturated rings. The van der Waals surface area contributed by atoms with Crippen LogP contribution in [0.5, 0.6) is 0 Å². The average Bonchev–Trinajstić information content (AvgIpc) is 2.74. The van der Waals surface area contributed by atoms with E-state index >= 15 is 0 Å². The summed E-state index contributed by atoms with van der Waals surface area (Å²) in [6.07, 6.45) is 5.10. The Morgan fingerprint density at radius 2 is 2.28 bits per heavy atom. The molecule has 0 spiro atoms. The van der Waals surface area contributed by atoms with E-state index in [0.29, 0.717) is 12.0 Å². The summed E-state index contributed by atoms with van der Waals surface area (Å²) in [4.78, 5) is 6.21. The maximum absolute atomic E-state index is 5.80. The van der Waals surface area contributed by atoms with E-state index in [2.05, 4.69) is 19.2 Å². The maximum atomic E-state index is 5.80. The van der Waals surface area contributed by atoms with Crippen LogP contribution in [0.4, 0.5) is 0 Å². The van der Waals surface area contributed by atoms with Crippen molar-refractivity contribution in [2.75, 3.05) is 13.7 Å². The number of thiazole rings is 1. The molecule has 1 atom stereocenters. The summed E-state index contributed by atoms with van der Waals surface area (Å²) >= 11 is 1.85. The summed E-state index contributed by atoms with van der Waals surface area (Å²) in [6.45, 7) is 6.29. The fourth-order valence-corrected chi connectivity index (χ4v) is 3.70. The standard InChI is InChI=1S/C14H24N2OS/c1-10(2)14-12(9-15-3)18-13(16-14)8-11-6-4-5-7-17-11/h10-11,15H,4-9H2,1-3H3. The number of hydrogen-bond donors (Lipinski definition) is 1. The predicted molar refractivity (Wildman–Crippen MR) is 76.3 cm³/mol. The largest absolute Gasteiger partial charge is 0.378 e. The molecule has 0 aromatic carbocycles. The summed E-state index contributed by atoms with van der Waals surface area (Å²) in [5, 5.41) is 4.48. The second kappa shape index (κ2) is 6.64. The van der Waals surface area contributed by atoms with Crippen LogP contribution in [0.15, 0.2) is 0 Å². The van der Waals surface area contributed by atoms with Crippen molar-refractivity contribution in [2.24, 2.45) is 0 Å². The molecule has 0 radical (unpaired) electrons. The van der Waals surface area contributed by atoms with E-state index in [-0.39, 0.29) is 0 Å². The highest BCUT2D eigenvalue weighted by Gasteiger charge is 2.19. The average molecular weight is 268 g/mol. The molecule has 3 nitrogen and oxygen atoms in total. The third-order valence-corrected chi connectivity index (χ3v) is 4.43. The molecule has 18 heavy (non-hydrogen) atoms. The van der Waals surface area contributed by atoms with Crippen LogP contribution in [-0.4, -0.2) is 24.7 Å². The van der Waals surface area contributed by atoms with Gasteiger partial charge in [-0.25, -0.2) is 4.98 Å². The summed E-state index contributed by atoms with van der Waals surface area (Å²) in [5.41, 5.74) is 1.26. The Morgan fingerprint density at radius 1 is 1.44 bits per heavy atom. The molecule has 2 rings (SSSR count). The second-order valence-electron chi connectivity index (χ2n) is 5.29. The fourth-order valence-electron chi connectivity index (χ4n) is 2.40. The molecule has 102 valence electrons. The van der Waals surface area contributed by atoms with Gasteiger partial charge in [-0.15, -0.1) is 11.3 Å². The van der Waals surface area contributed by atoms with Gasteiger partial charge in [0, 0.05) is 24.4 Å². The zero-order valence-electron chi connectivity index (χ0n) is 11.7. The Kier molecular flexibility index (Phi) is 5.15. The van der Waals surface area contributed by atoms with Gasteiger partial charge in [0.05, 0.1) is 16.8 Å². The van der Waals surface area contributed by atoms with Gasteiger partial charge in [0.1, 0.15) is 0 Å². The van der Waals surface area contributed by atoms with Gasteiger partial charge in [-0.1, -0.05) is 13.8 Å². The number of nitrogens with one attached hydrogen (secondary N) is 1. The molecule has 4 heteroatoms. The first-order valence-electron chi connectivity index (χ1n) is 6.95. The Morgan fingerprint density at radius 3 is 2.89 bits per heavy atom. The van der Waals surface area contributed by atoms with Crippen LogP contribution in [0.25, 0.3) is 0 Å². The second-order valence-corrected chi connectivity index (χ2v) is 6.46. The molecule has 0 bridgehead atoms. The number of hydrogen-bond acceptors (Lipinski definition) is 4. The first-order chi connectivity index (χ1) is 8.70. The molecule has 0 aliphatic carbocycles. The Balaban J connectivity index is 2.05. The predicted octanol–water partition coefficient (Wildman–Crippen LogP) is 3.10. The molecule has 2 heterocycles. The van der Waals surface area contributed by atoms with Crippen LogP contribution in [0.3, 0.4) is 0 Å². The highest BCUT2D eigenvalue weighted by atomic mass is 32.1. The van der Waals surface area contributed by atoms with Crippen LogP contribution in [0.2, 0.25) is 0 Å². The Hall–Kier alpha value is -0.450. The van der Waals surface area contributed by atoms with Crippen molar-refractivity contribution in [3.63, 3.8) is 0 Å². The topological polar surface area (TPSA) is 34.1 Å². The van der Waals surface area contributed by atoms with E-state index in [4.69, 9.17) is 9.72 Å². The third-order valence-electron chi connectivity index (χ3n) is 3.33. The van der Waals surface area contributed by atoms with Crippen LogP contribution < -0.4 is 5.32 Å². The lowest BCUT2D eigenvalue weighted by atomic mass is 10.1. The van der Waals surface area contributed by atoms with Crippen molar-refractivity contribution in [1.82, 2.24) is 10.3 Å². The van der Waals surface area contributed by atoms with Crippen LogP contribution in [0, 0.1) is 0 Å². The molecule has 1 aromatic rings. The molecule has 1 saturated heterocycles. The molecular formula is C14H24N2OS. The van der Waals surface area contributed by atoms with Gasteiger partial charge < -0.3 is 10.1 Å². The number of aromatic nitrogens is 1. The SMILES string of the molecule is CNCc1sc(CC2CCCCO2)nc1C(C)C. The van der Waals surface area contributed by atoms with Gasteiger partial charge in [0.2, 0.25) is 0 Å². The van der Waals surface area contributed by atoms with E-state index in [1.54, 1.807) is 0 Å². The quantitative estimate of drug-likeness (QED) is 0.891. The lowest BCUT2D eigenvalue weighted by Crippen LogP contribution is -2.21. The van der Waals surface area contributed by atoms with Gasteiger partial charge >= 0.3 is 0 Å². The maximum Gasteiger partial charge on any atom is 0.0957 e. The van der Waals surface area contributed by atoms with Crippen molar-refractivity contribution in [3.8, 4) is 0 Å². The lowest BCUT2D eigenvalue weighted by molar-refractivity contribution is 0.0167. The van der Waals surface area contributed by atoms with E-state index < -0.39 is 0 Å². The van der Waals surface area contributed by atoms with Gasteiger partial charge in [-0.05, 0) is 32.2 Å². The molecule has 1 aliphatic rings. The van der Waals surface area contributed by atoms with Crippen molar-refractivity contribution in [2.45, 2.75) is 58.1 Å². The van der Waals surface area contributed by atoms with Crippen LogP contribution in [0.1, 0.15) is 54.6 Å². The highest BCUT2D eigenvalue weighted by molar-refractivity contribution is 7.11. The minimum absolute atomic E-state index is 0.396. The van der Waals surface area contributed by atoms with E-state index in [1.807, 2.05) is 18.4 Å². The molecular weight excluding hydrogens is 244 g/mol. The first-order valence-corrected chi connectivity index (χ1v) is 7.77. The van der Waals surface area contributed by atoms with Gasteiger partial charge in [0.25, 0.3) is 0 Å². The molecule has 1 aromatic heterocycles. The van der Waals surface area contributed by atoms with Gasteiger partial charge in [0.15, 0.2) is 0 Å². The summed E-state index contributed by atoms with van der Waals surface area (Å²) in [5.74, 6) is 0.505. The number of ether oxygens (including phenoxy) is 1. The summed E-state index contributed by atoms with van der Waals surface area (Å²) in [7, 11) is 1.99. The Bertz CT molecular complexity index is 370. The number of rotatable bonds is 5. The zero-order valence-corrected chi connectivity index (χ0v) is 12.5. The van der Waals surface area contributed by atoms with Crippen molar-refractivity contribution in [3.05, 3.63) is 15.6 Å². The minimum atomic E-state index is 0.396. The van der Waals surface area contributed by atoms with E-state index in [1.165, 1.54) is 34.8 Å². The van der Waals surface area contributed by atoms with E-state index in [0.717, 1.165) is 19.6 Å². The van der Waals surface area contributed by atoms with Crippen LogP contribution >= 0.6 is 11.3 Å². The monoisotopic (exact) mass is 268 g/mol. The summed E-state index contributed by atoms with van der Waals surface area (Å²) < 4.78 is 5.80. The molecule has 0 saturated carbocycles. The molecule has 1 N–H and O–H groups in total. The molecule has 1 unspecified atom stereocenters. The smallest absolute Gasteiger partial charge is 0.0957 e. The Labute approximate surface area is 114 Å². The zero-order chi connectivity index (χ0) is 13.0. The fraction of sp³-hybridized carbons (Fsp3) is 0.786. The molecule has 0 amide bonds. The van der Waals surface area contributed by atoms with Gasteiger partial charge in [-0.3, -0.25) is 0 Å². The lowest BCUT2D eigenvalue weighted by Gasteiger charge is -2.21.